The molecule has 0 aliphatic rings. The number of halogens is 1. The van der Waals surface area contributed by atoms with Crippen LogP contribution < -0.4 is 10.6 Å². The lowest BCUT2D eigenvalue weighted by Gasteiger charge is -2.22. The van der Waals surface area contributed by atoms with Crippen LogP contribution in [0.2, 0.25) is 0 Å². The van der Waals surface area contributed by atoms with Crippen LogP contribution >= 0.6 is 0 Å². The molecule has 90 valence electrons. The Morgan fingerprint density at radius 1 is 1.44 bits per heavy atom. The first kappa shape index (κ1) is 12.9. The van der Waals surface area contributed by atoms with Crippen LogP contribution in [0.25, 0.3) is 0 Å². The van der Waals surface area contributed by atoms with E-state index >= 15 is 0 Å². The molecular weight excluding hydrogens is 205 g/mol. The molecule has 2 N–H and O–H groups in total. The molecule has 4 heteroatoms. The first-order chi connectivity index (χ1) is 7.74. The van der Waals surface area contributed by atoms with Crippen LogP contribution in [0.3, 0.4) is 0 Å². The van der Waals surface area contributed by atoms with E-state index < -0.39 is 0 Å². The standard InChI is InChI=1S/C12H20FN3/c1-3-5-8-16(4-2)12-11(13)10(9-14)6-7-15-12/h6-7H,3-5,8-9,14H2,1-2H3. The molecule has 16 heavy (non-hydrogen) atoms. The van der Waals surface area contributed by atoms with E-state index in [1.165, 1.54) is 0 Å². The van der Waals surface area contributed by atoms with Gasteiger partial charge in [-0.05, 0) is 19.4 Å². The molecule has 3 nitrogen and oxygen atoms in total. The van der Waals surface area contributed by atoms with Crippen LogP contribution in [0.15, 0.2) is 12.3 Å². The van der Waals surface area contributed by atoms with E-state index in [4.69, 9.17) is 5.73 Å². The van der Waals surface area contributed by atoms with Crippen LogP contribution in [0.1, 0.15) is 32.3 Å². The molecule has 0 saturated heterocycles. The normalized spacial score (nSPS) is 10.5. The third-order valence-corrected chi connectivity index (χ3v) is 2.63. The Labute approximate surface area is 96.5 Å². The molecule has 0 radical (unpaired) electrons. The van der Waals surface area contributed by atoms with E-state index in [0.717, 1.165) is 25.9 Å². The summed E-state index contributed by atoms with van der Waals surface area (Å²) in [7, 11) is 0. The van der Waals surface area contributed by atoms with Gasteiger partial charge in [0.1, 0.15) is 0 Å². The lowest BCUT2D eigenvalue weighted by molar-refractivity contribution is 0.590. The Bertz CT molecular complexity index is 328. The van der Waals surface area contributed by atoms with Crippen molar-refractivity contribution in [2.75, 3.05) is 18.0 Å². The highest BCUT2D eigenvalue weighted by molar-refractivity contribution is 5.42. The Morgan fingerprint density at radius 3 is 2.75 bits per heavy atom. The first-order valence-corrected chi connectivity index (χ1v) is 5.82. The molecular formula is C12H20FN3. The van der Waals surface area contributed by atoms with E-state index in [1.54, 1.807) is 12.3 Å². The monoisotopic (exact) mass is 225 g/mol. The number of nitrogens with two attached hydrogens (primary N) is 1. The summed E-state index contributed by atoms with van der Waals surface area (Å²) < 4.78 is 14.0. The highest BCUT2D eigenvalue weighted by Gasteiger charge is 2.13. The minimum atomic E-state index is -0.275. The van der Waals surface area contributed by atoms with Crippen LogP contribution in [-0.2, 0) is 6.54 Å². The molecule has 0 fully saturated rings. The smallest absolute Gasteiger partial charge is 0.170 e. The lowest BCUT2D eigenvalue weighted by Crippen LogP contribution is -2.26. The van der Waals surface area contributed by atoms with Crippen molar-refractivity contribution in [1.82, 2.24) is 4.98 Å². The highest BCUT2D eigenvalue weighted by atomic mass is 19.1. The Balaban J connectivity index is 2.91. The minimum Gasteiger partial charge on any atom is -0.354 e. The molecule has 0 aliphatic carbocycles. The molecule has 1 heterocycles. The third-order valence-electron chi connectivity index (χ3n) is 2.63. The third kappa shape index (κ3) is 2.92. The number of anilines is 1. The molecule has 0 unspecified atom stereocenters. The van der Waals surface area contributed by atoms with Crippen LogP contribution in [-0.4, -0.2) is 18.1 Å². The molecule has 0 aliphatic heterocycles. The van der Waals surface area contributed by atoms with Gasteiger partial charge in [-0.25, -0.2) is 9.37 Å². The van der Waals surface area contributed by atoms with Gasteiger partial charge in [0.15, 0.2) is 11.6 Å². The molecule has 1 aromatic heterocycles. The van der Waals surface area contributed by atoms with E-state index in [2.05, 4.69) is 11.9 Å². The Kier molecular flexibility index (Phi) is 5.19. The number of unbranched alkanes of at least 4 members (excludes halogenated alkanes) is 1. The van der Waals surface area contributed by atoms with E-state index in [1.807, 2.05) is 11.8 Å². The van der Waals surface area contributed by atoms with Gasteiger partial charge < -0.3 is 10.6 Å². The molecule has 0 saturated carbocycles. The summed E-state index contributed by atoms with van der Waals surface area (Å²) in [6, 6.07) is 1.63. The number of pyridine rings is 1. The zero-order valence-corrected chi connectivity index (χ0v) is 10.0. The summed E-state index contributed by atoms with van der Waals surface area (Å²) in [6.07, 6.45) is 3.76. The van der Waals surface area contributed by atoms with Gasteiger partial charge in [-0.3, -0.25) is 0 Å². The number of rotatable bonds is 6. The molecule has 0 bridgehead atoms. The number of nitrogens with zero attached hydrogens (tertiary/aromatic N) is 2. The second kappa shape index (κ2) is 6.43. The van der Waals surface area contributed by atoms with Gasteiger partial charge >= 0.3 is 0 Å². The van der Waals surface area contributed by atoms with Crippen molar-refractivity contribution < 1.29 is 4.39 Å². The average Bonchev–Trinajstić information content (AvgIpc) is 2.32. The minimum absolute atomic E-state index is 0.215. The van der Waals surface area contributed by atoms with Crippen molar-refractivity contribution in [1.29, 1.82) is 0 Å². The van der Waals surface area contributed by atoms with E-state index in [0.29, 0.717) is 11.4 Å². The topological polar surface area (TPSA) is 42.2 Å². The lowest BCUT2D eigenvalue weighted by atomic mass is 10.2. The Hall–Kier alpha value is -1.16. The largest absolute Gasteiger partial charge is 0.354 e. The van der Waals surface area contributed by atoms with Gasteiger partial charge in [-0.2, -0.15) is 0 Å². The average molecular weight is 225 g/mol. The van der Waals surface area contributed by atoms with Crippen molar-refractivity contribution in [3.8, 4) is 0 Å². The van der Waals surface area contributed by atoms with Gasteiger partial charge in [0, 0.05) is 31.4 Å². The van der Waals surface area contributed by atoms with Gasteiger partial charge in [-0.15, -0.1) is 0 Å². The molecule has 1 aromatic rings. The van der Waals surface area contributed by atoms with Crippen LogP contribution in [0.5, 0.6) is 0 Å². The SMILES string of the molecule is CCCCN(CC)c1nccc(CN)c1F. The predicted molar refractivity (Wildman–Crippen MR) is 64.9 cm³/mol. The second-order valence-corrected chi connectivity index (χ2v) is 3.75. The maximum Gasteiger partial charge on any atom is 0.170 e. The Morgan fingerprint density at radius 2 is 2.19 bits per heavy atom. The summed E-state index contributed by atoms with van der Waals surface area (Å²) in [5.74, 6) is 0.154. The molecule has 0 spiro atoms. The number of aromatic nitrogens is 1. The fourth-order valence-electron chi connectivity index (χ4n) is 1.61. The number of hydrogen-bond acceptors (Lipinski definition) is 3. The zero-order valence-electron chi connectivity index (χ0n) is 10.0. The fraction of sp³-hybridized carbons (Fsp3) is 0.583. The van der Waals surface area contributed by atoms with Crippen molar-refractivity contribution in [3.05, 3.63) is 23.6 Å². The van der Waals surface area contributed by atoms with Crippen LogP contribution in [0, 0.1) is 5.82 Å². The summed E-state index contributed by atoms with van der Waals surface area (Å²) in [5, 5.41) is 0. The van der Waals surface area contributed by atoms with Gasteiger partial charge in [0.05, 0.1) is 0 Å². The van der Waals surface area contributed by atoms with Crippen LogP contribution in [0.4, 0.5) is 10.2 Å². The first-order valence-electron chi connectivity index (χ1n) is 5.82. The fourth-order valence-corrected chi connectivity index (χ4v) is 1.61. The quantitative estimate of drug-likeness (QED) is 0.807. The zero-order chi connectivity index (χ0) is 12.0. The van der Waals surface area contributed by atoms with E-state index in [9.17, 15) is 4.39 Å². The summed E-state index contributed by atoms with van der Waals surface area (Å²) >= 11 is 0. The van der Waals surface area contributed by atoms with Crippen molar-refractivity contribution >= 4 is 5.82 Å². The maximum atomic E-state index is 14.0. The van der Waals surface area contributed by atoms with Gasteiger partial charge in [0.25, 0.3) is 0 Å². The second-order valence-electron chi connectivity index (χ2n) is 3.75. The molecule has 0 atom stereocenters. The molecule has 1 rings (SSSR count). The predicted octanol–water partition coefficient (Wildman–Crippen LogP) is 2.31. The maximum absolute atomic E-state index is 14.0. The van der Waals surface area contributed by atoms with Crippen molar-refractivity contribution in [2.45, 2.75) is 33.2 Å². The number of hydrogen-bond donors (Lipinski definition) is 1. The van der Waals surface area contributed by atoms with E-state index in [-0.39, 0.29) is 12.4 Å². The molecule has 0 amide bonds. The molecule has 0 aromatic carbocycles. The van der Waals surface area contributed by atoms with Crippen molar-refractivity contribution in [3.63, 3.8) is 0 Å². The van der Waals surface area contributed by atoms with Crippen molar-refractivity contribution in [2.24, 2.45) is 5.73 Å². The summed E-state index contributed by atoms with van der Waals surface area (Å²) in [4.78, 5) is 6.06. The summed E-state index contributed by atoms with van der Waals surface area (Å²) in [6.45, 7) is 5.94. The van der Waals surface area contributed by atoms with Gasteiger partial charge in [-0.1, -0.05) is 13.3 Å². The highest BCUT2D eigenvalue weighted by Crippen LogP contribution is 2.19. The van der Waals surface area contributed by atoms with Gasteiger partial charge in [0.2, 0.25) is 0 Å². The summed E-state index contributed by atoms with van der Waals surface area (Å²) in [5.41, 5.74) is 6.00.